The first-order chi connectivity index (χ1) is 14.5. The number of rotatable bonds is 4. The molecular formula is C23H24N4O3. The third kappa shape index (κ3) is 3.96. The smallest absolute Gasteiger partial charge is 0.289 e. The van der Waals surface area contributed by atoms with Crippen molar-refractivity contribution in [2.24, 2.45) is 0 Å². The van der Waals surface area contributed by atoms with Gasteiger partial charge in [-0.2, -0.15) is 0 Å². The lowest BCUT2D eigenvalue weighted by molar-refractivity contribution is 0.0734. The first kappa shape index (κ1) is 19.8. The molecular weight excluding hydrogens is 380 g/mol. The van der Waals surface area contributed by atoms with Crippen LogP contribution in [0, 0.1) is 13.8 Å². The maximum Gasteiger partial charge on any atom is 0.289 e. The summed E-state index contributed by atoms with van der Waals surface area (Å²) >= 11 is 0. The molecule has 1 saturated heterocycles. The molecule has 7 heteroatoms. The second-order valence-corrected chi connectivity index (χ2v) is 7.41. The summed E-state index contributed by atoms with van der Waals surface area (Å²) in [5.74, 6) is 0.928. The summed E-state index contributed by atoms with van der Waals surface area (Å²) in [6.45, 7) is 6.32. The van der Waals surface area contributed by atoms with Crippen LogP contribution >= 0.6 is 0 Å². The molecule has 0 unspecified atom stereocenters. The number of pyridine rings is 2. The number of anilines is 1. The number of amides is 1. The summed E-state index contributed by atoms with van der Waals surface area (Å²) in [7, 11) is 0. The Morgan fingerprint density at radius 2 is 1.87 bits per heavy atom. The van der Waals surface area contributed by atoms with Gasteiger partial charge in [0.25, 0.3) is 5.91 Å². The van der Waals surface area contributed by atoms with Gasteiger partial charge in [-0.25, -0.2) is 4.98 Å². The van der Waals surface area contributed by atoms with Crippen LogP contribution in [0.2, 0.25) is 0 Å². The first-order valence-electron chi connectivity index (χ1n) is 10.1. The van der Waals surface area contributed by atoms with Gasteiger partial charge in [-0.05, 0) is 50.6 Å². The van der Waals surface area contributed by atoms with Crippen molar-refractivity contribution in [2.75, 3.05) is 31.1 Å². The van der Waals surface area contributed by atoms with E-state index in [-0.39, 0.29) is 11.7 Å². The van der Waals surface area contributed by atoms with Gasteiger partial charge in [0.2, 0.25) is 5.78 Å². The van der Waals surface area contributed by atoms with Crippen molar-refractivity contribution in [3.8, 4) is 0 Å². The maximum atomic E-state index is 12.9. The van der Waals surface area contributed by atoms with Gasteiger partial charge in [0, 0.05) is 49.2 Å². The average molecular weight is 404 g/mol. The van der Waals surface area contributed by atoms with E-state index in [4.69, 9.17) is 4.42 Å². The molecule has 4 heterocycles. The summed E-state index contributed by atoms with van der Waals surface area (Å²) in [5, 5.41) is 0. The molecule has 0 aromatic carbocycles. The van der Waals surface area contributed by atoms with Crippen LogP contribution in [-0.4, -0.2) is 52.7 Å². The van der Waals surface area contributed by atoms with E-state index < -0.39 is 0 Å². The molecule has 0 radical (unpaired) electrons. The lowest BCUT2D eigenvalue weighted by Crippen LogP contribution is -2.35. The van der Waals surface area contributed by atoms with Crippen LogP contribution in [0.15, 0.2) is 53.3 Å². The average Bonchev–Trinajstić information content (AvgIpc) is 3.04. The molecule has 1 aliphatic heterocycles. The molecule has 0 saturated carbocycles. The number of aromatic nitrogens is 2. The third-order valence-electron chi connectivity index (χ3n) is 5.38. The van der Waals surface area contributed by atoms with E-state index in [2.05, 4.69) is 14.9 Å². The van der Waals surface area contributed by atoms with E-state index in [9.17, 15) is 9.59 Å². The summed E-state index contributed by atoms with van der Waals surface area (Å²) < 4.78 is 5.37. The number of ketones is 1. The Hall–Kier alpha value is -3.48. The van der Waals surface area contributed by atoms with Crippen molar-refractivity contribution < 1.29 is 14.0 Å². The fourth-order valence-corrected chi connectivity index (χ4v) is 3.67. The van der Waals surface area contributed by atoms with Gasteiger partial charge in [0.1, 0.15) is 11.5 Å². The minimum Gasteiger partial charge on any atom is -0.459 e. The second-order valence-electron chi connectivity index (χ2n) is 7.41. The van der Waals surface area contributed by atoms with Crippen molar-refractivity contribution in [2.45, 2.75) is 20.3 Å². The molecule has 1 aliphatic rings. The van der Waals surface area contributed by atoms with Crippen molar-refractivity contribution in [1.82, 2.24) is 14.9 Å². The monoisotopic (exact) mass is 404 g/mol. The van der Waals surface area contributed by atoms with E-state index in [1.165, 1.54) is 0 Å². The quantitative estimate of drug-likeness (QED) is 0.621. The molecule has 0 aliphatic carbocycles. The van der Waals surface area contributed by atoms with Gasteiger partial charge < -0.3 is 14.2 Å². The van der Waals surface area contributed by atoms with Gasteiger partial charge in [-0.3, -0.25) is 14.6 Å². The second kappa shape index (κ2) is 8.49. The predicted octanol–water partition coefficient (Wildman–Crippen LogP) is 3.27. The van der Waals surface area contributed by atoms with Crippen molar-refractivity contribution in [1.29, 1.82) is 0 Å². The van der Waals surface area contributed by atoms with Crippen LogP contribution in [-0.2, 0) is 0 Å². The van der Waals surface area contributed by atoms with Crippen LogP contribution in [0.5, 0.6) is 0 Å². The van der Waals surface area contributed by atoms with Crippen LogP contribution < -0.4 is 4.90 Å². The van der Waals surface area contributed by atoms with E-state index in [0.717, 1.165) is 24.3 Å². The predicted molar refractivity (Wildman–Crippen MR) is 113 cm³/mol. The number of carbonyl (C=O) groups is 2. The Morgan fingerprint density at radius 3 is 2.63 bits per heavy atom. The van der Waals surface area contributed by atoms with Crippen LogP contribution in [0.25, 0.3) is 0 Å². The van der Waals surface area contributed by atoms with Gasteiger partial charge in [-0.1, -0.05) is 6.07 Å². The summed E-state index contributed by atoms with van der Waals surface area (Å²) in [5.41, 5.74) is 2.49. The number of hydrogen-bond acceptors (Lipinski definition) is 6. The molecule has 0 spiro atoms. The van der Waals surface area contributed by atoms with Crippen molar-refractivity contribution in [3.05, 3.63) is 77.1 Å². The number of aryl methyl sites for hydroxylation is 2. The van der Waals surface area contributed by atoms with Crippen molar-refractivity contribution >= 4 is 17.5 Å². The lowest BCUT2D eigenvalue weighted by atomic mass is 10.1. The minimum atomic E-state index is -0.137. The first-order valence-corrected chi connectivity index (χ1v) is 10.1. The summed E-state index contributed by atoms with van der Waals surface area (Å²) in [6.07, 6.45) is 4.03. The van der Waals surface area contributed by atoms with E-state index in [1.807, 2.05) is 30.9 Å². The van der Waals surface area contributed by atoms with Crippen LogP contribution in [0.3, 0.4) is 0 Å². The largest absolute Gasteiger partial charge is 0.459 e. The Morgan fingerprint density at radius 1 is 1.00 bits per heavy atom. The molecule has 3 aromatic rings. The van der Waals surface area contributed by atoms with Gasteiger partial charge in [0.15, 0.2) is 5.76 Å². The molecule has 0 bridgehead atoms. The molecule has 3 aromatic heterocycles. The highest BCUT2D eigenvalue weighted by Gasteiger charge is 2.24. The van der Waals surface area contributed by atoms with Gasteiger partial charge >= 0.3 is 0 Å². The molecule has 1 fully saturated rings. The zero-order chi connectivity index (χ0) is 21.1. The van der Waals surface area contributed by atoms with Crippen LogP contribution in [0.4, 0.5) is 5.82 Å². The van der Waals surface area contributed by atoms with E-state index in [0.29, 0.717) is 42.3 Å². The molecule has 154 valence electrons. The molecule has 4 rings (SSSR count). The highest BCUT2D eigenvalue weighted by atomic mass is 16.3. The molecule has 0 N–H and O–H groups in total. The summed E-state index contributed by atoms with van der Waals surface area (Å²) in [4.78, 5) is 38.4. The Kier molecular flexibility index (Phi) is 5.61. The topological polar surface area (TPSA) is 79.5 Å². The molecule has 1 amide bonds. The van der Waals surface area contributed by atoms with Gasteiger partial charge in [-0.15, -0.1) is 0 Å². The zero-order valence-electron chi connectivity index (χ0n) is 17.2. The fraction of sp³-hybridized carbons (Fsp3) is 0.304. The number of nitrogens with zero attached hydrogens (tertiary/aromatic N) is 4. The van der Waals surface area contributed by atoms with Crippen LogP contribution in [0.1, 0.15) is 44.3 Å². The minimum absolute atomic E-state index is 0.0803. The Bertz CT molecular complexity index is 1080. The highest BCUT2D eigenvalue weighted by molar-refractivity contribution is 6.08. The highest BCUT2D eigenvalue weighted by Crippen LogP contribution is 2.19. The third-order valence-corrected chi connectivity index (χ3v) is 5.38. The van der Waals surface area contributed by atoms with Crippen molar-refractivity contribution in [3.63, 3.8) is 0 Å². The number of hydrogen-bond donors (Lipinski definition) is 0. The molecule has 7 nitrogen and oxygen atoms in total. The Balaban J connectivity index is 1.49. The van der Waals surface area contributed by atoms with E-state index >= 15 is 0 Å². The van der Waals surface area contributed by atoms with E-state index in [1.54, 1.807) is 36.7 Å². The zero-order valence-corrected chi connectivity index (χ0v) is 17.2. The maximum absolute atomic E-state index is 12.9. The lowest BCUT2D eigenvalue weighted by Gasteiger charge is -2.23. The normalized spacial score (nSPS) is 14.5. The number of carbonyl (C=O) groups excluding carboxylic acids is 2. The molecule has 30 heavy (non-hydrogen) atoms. The SMILES string of the molecule is Cc1ccoc1C(=O)N1CCCN(c2cccc(C(=O)c3cccnc3C)n2)CC1. The number of furan rings is 1. The standard InChI is InChI=1S/C23H24N4O3/c1-16-9-15-30-22(16)23(29)27-12-5-11-26(13-14-27)20-8-3-7-19(25-20)21(28)18-6-4-10-24-17(18)2/h3-4,6-10,15H,5,11-14H2,1-2H3. The summed E-state index contributed by atoms with van der Waals surface area (Å²) in [6, 6.07) is 10.8. The Labute approximate surface area is 175 Å². The fourth-order valence-electron chi connectivity index (χ4n) is 3.67. The van der Waals surface area contributed by atoms with Gasteiger partial charge in [0.05, 0.1) is 6.26 Å². The molecule has 0 atom stereocenters.